The van der Waals surface area contributed by atoms with E-state index in [0.717, 1.165) is 237 Å². The van der Waals surface area contributed by atoms with Gasteiger partial charge in [0.05, 0.1) is 168 Å². The lowest BCUT2D eigenvalue weighted by atomic mass is 10.1. The molecule has 15 nitrogen and oxygen atoms in total. The van der Waals surface area contributed by atoms with Crippen LogP contribution in [0.3, 0.4) is 0 Å². The summed E-state index contributed by atoms with van der Waals surface area (Å²) in [6, 6.07) is 171. The molecule has 0 saturated heterocycles. The van der Waals surface area contributed by atoms with Crippen LogP contribution in [0.4, 0.5) is 0 Å². The van der Waals surface area contributed by atoms with Crippen LogP contribution in [0.25, 0.3) is 247 Å². The summed E-state index contributed by atoms with van der Waals surface area (Å²) in [5.74, 6) is 0. The summed E-state index contributed by atoms with van der Waals surface area (Å²) < 4.78 is 20.8. The summed E-state index contributed by atoms with van der Waals surface area (Å²) in [5.41, 5.74) is 31.5. The van der Waals surface area contributed by atoms with Gasteiger partial charge in [0.15, 0.2) is 0 Å². The van der Waals surface area contributed by atoms with Gasteiger partial charge in [-0.2, -0.15) is 31.6 Å². The van der Waals surface area contributed by atoms with E-state index in [4.69, 9.17) is 0 Å². The molecule has 0 unspecified atom stereocenters. The van der Waals surface area contributed by atoms with E-state index < -0.39 is 0 Å². The molecular formula is C132H75N15. The Balaban J connectivity index is 0.000000107. The minimum atomic E-state index is 0.571. The quantitative estimate of drug-likeness (QED) is 0.138. The van der Waals surface area contributed by atoms with E-state index in [2.05, 4.69) is 399 Å². The molecule has 0 bridgehead atoms. The van der Waals surface area contributed by atoms with Crippen molar-refractivity contribution < 1.29 is 0 Å². The third kappa shape index (κ3) is 12.3. The number of rotatable bonds is 9. The van der Waals surface area contributed by atoms with E-state index in [0.29, 0.717) is 33.4 Å². The van der Waals surface area contributed by atoms with Crippen molar-refractivity contribution in [3.8, 4) is 87.6 Å². The van der Waals surface area contributed by atoms with E-state index in [1.165, 1.54) is 10.8 Å². The zero-order chi connectivity index (χ0) is 97.9. The number of fused-ring (bicyclic) bond motifs is 33. The molecule has 0 N–H and O–H groups in total. The van der Waals surface area contributed by atoms with Crippen LogP contribution >= 0.6 is 0 Å². The van der Waals surface area contributed by atoms with Gasteiger partial charge in [0, 0.05) is 125 Å². The van der Waals surface area contributed by atoms with Crippen LogP contribution in [0.1, 0.15) is 33.4 Å². The number of aromatic nitrogens is 9. The van der Waals surface area contributed by atoms with Crippen LogP contribution in [0.15, 0.2) is 455 Å². The Morgan fingerprint density at radius 1 is 0.129 bits per heavy atom. The Hall–Kier alpha value is -21.2. The van der Waals surface area contributed by atoms with E-state index in [-0.39, 0.29) is 0 Å². The molecule has 0 fully saturated rings. The number of nitriles is 6. The molecule has 0 radical (unpaired) electrons. The lowest BCUT2D eigenvalue weighted by Gasteiger charge is -2.12. The summed E-state index contributed by atoms with van der Waals surface area (Å²) in [6.45, 7) is 0. The predicted octanol–water partition coefficient (Wildman–Crippen LogP) is 32.2. The molecule has 15 heteroatoms. The van der Waals surface area contributed by atoms with Gasteiger partial charge in [-0.25, -0.2) is 0 Å². The second-order valence-corrected chi connectivity index (χ2v) is 37.1. The van der Waals surface area contributed by atoms with Crippen LogP contribution in [0.2, 0.25) is 0 Å². The smallest absolute Gasteiger partial charge is 0.101 e. The summed E-state index contributed by atoms with van der Waals surface area (Å²) >= 11 is 0. The minimum absolute atomic E-state index is 0.571. The maximum absolute atomic E-state index is 10.2. The average molecular weight is 1870 g/mol. The van der Waals surface area contributed by atoms with Crippen molar-refractivity contribution in [3.63, 3.8) is 0 Å². The molecule has 0 amide bonds. The van der Waals surface area contributed by atoms with Crippen LogP contribution in [0, 0.1) is 68.0 Å². The maximum atomic E-state index is 10.2. The van der Waals surface area contributed by atoms with Gasteiger partial charge in [0.2, 0.25) is 0 Å². The molecule has 21 aromatic carbocycles. The lowest BCUT2D eigenvalue weighted by molar-refractivity contribution is 1.16. The molecule has 0 spiro atoms. The number of hydrogen-bond acceptors (Lipinski definition) is 6. The van der Waals surface area contributed by atoms with Crippen molar-refractivity contribution in [2.45, 2.75) is 0 Å². The molecule has 30 aromatic rings. The average Bonchev–Trinajstić information content (AvgIpc) is 1.53. The minimum Gasteiger partial charge on any atom is -0.309 e. The highest BCUT2D eigenvalue weighted by molar-refractivity contribution is 6.36. The molecule has 0 atom stereocenters. The van der Waals surface area contributed by atoms with Crippen molar-refractivity contribution in [3.05, 3.63) is 488 Å². The van der Waals surface area contributed by atoms with Crippen molar-refractivity contribution >= 4 is 196 Å². The first-order valence-corrected chi connectivity index (χ1v) is 48.7. The van der Waals surface area contributed by atoms with E-state index in [1.54, 1.807) is 0 Å². The monoisotopic (exact) mass is 1870 g/mol. The number of para-hydroxylation sites is 13. The third-order valence-corrected chi connectivity index (χ3v) is 29.7. The molecular weight excluding hydrogens is 1800 g/mol. The second kappa shape index (κ2) is 33.2. The first-order chi connectivity index (χ1) is 72.8. The second-order valence-electron chi connectivity index (χ2n) is 37.1. The highest BCUT2D eigenvalue weighted by Gasteiger charge is 2.32. The Kier molecular flexibility index (Phi) is 19.0. The molecule has 9 heterocycles. The predicted molar refractivity (Wildman–Crippen MR) is 597 cm³/mol. The third-order valence-electron chi connectivity index (χ3n) is 29.7. The molecule has 147 heavy (non-hydrogen) atoms. The number of hydrogen-bond donors (Lipinski definition) is 0. The van der Waals surface area contributed by atoms with Gasteiger partial charge in [-0.1, -0.05) is 261 Å². The largest absolute Gasteiger partial charge is 0.309 e. The standard InChI is InChI=1S/3C44H25N5/c45-26-28-19-20-35-40(25-28)49(36-17-9-7-11-29(36)27-46)39-24-22-33-32-21-23-38-41(43(32)48(44(33)42(35)39)31-14-5-2-6-15-31)34-16-8-10-18-37(34)47(38)30-12-3-1-4-13-30;45-26-28-12-4-8-18-35(28)48-37-20-10-6-16-33(37)41-39(48)24-22-31-32-23-25-40-42(44(32)47(43(31)41)30-14-2-1-3-15-30)34-17-7-11-21-38(34)49(40)36-19-9-5-13-29(36)27-46;45-26-28-11-10-15-31(25-28)48-43-32(21-23-39-41(43)34-16-5-8-19-37(34)47(39)30-13-2-1-3-14-30)33-22-24-40-42(44(33)48)35-17-6-9-20-38(35)49(40)36-18-7-4-12-29(36)27-46/h3*1-25H. The first-order valence-electron chi connectivity index (χ1n) is 48.7. The van der Waals surface area contributed by atoms with E-state index >= 15 is 0 Å². The van der Waals surface area contributed by atoms with Crippen LogP contribution in [0.5, 0.6) is 0 Å². The normalized spacial score (nSPS) is 11.6. The van der Waals surface area contributed by atoms with Gasteiger partial charge < -0.3 is 41.1 Å². The van der Waals surface area contributed by atoms with Crippen molar-refractivity contribution in [1.29, 1.82) is 31.6 Å². The van der Waals surface area contributed by atoms with Crippen molar-refractivity contribution in [1.82, 2.24) is 41.1 Å². The lowest BCUT2D eigenvalue weighted by Crippen LogP contribution is -1.98. The van der Waals surface area contributed by atoms with Gasteiger partial charge in [-0.05, 0) is 194 Å². The van der Waals surface area contributed by atoms with Gasteiger partial charge >= 0.3 is 0 Å². The molecule has 0 saturated carbocycles. The van der Waals surface area contributed by atoms with Crippen molar-refractivity contribution in [2.75, 3.05) is 0 Å². The van der Waals surface area contributed by atoms with E-state index in [1.807, 2.05) is 133 Å². The zero-order valence-electron chi connectivity index (χ0n) is 78.5. The highest BCUT2D eigenvalue weighted by atomic mass is 15.1. The Bertz CT molecular complexity index is 11000. The SMILES string of the molecule is N#Cc1ccc2c3c(ccc4c5ccc6c(c7ccccc7n6-c6ccccc6)c5n(-c5ccccc5)c43)n(-c3ccccc3C#N)c2c1.N#Cc1cccc(-n2c3c(ccc4c3c3ccccc3n4-c3ccccc3)c3ccc4c(c5ccccc5n4-c4ccccc4C#N)c32)c1.N#Cc1ccccc1-n1c2ccccc2c2c1ccc1c3ccc4c(c5ccccc5n4-c4ccccc4C#N)c3n(-c3ccccc3)c12. The molecule has 678 valence electrons. The van der Waals surface area contributed by atoms with Crippen LogP contribution in [-0.4, -0.2) is 41.1 Å². The molecule has 30 rings (SSSR count). The van der Waals surface area contributed by atoms with Gasteiger partial charge in [-0.15, -0.1) is 0 Å². The van der Waals surface area contributed by atoms with Crippen LogP contribution in [-0.2, 0) is 0 Å². The van der Waals surface area contributed by atoms with Gasteiger partial charge in [0.1, 0.15) is 24.3 Å². The van der Waals surface area contributed by atoms with Crippen molar-refractivity contribution in [2.24, 2.45) is 0 Å². The molecule has 9 aromatic heterocycles. The fourth-order valence-electron chi connectivity index (χ4n) is 23.8. The first kappa shape index (κ1) is 83.9. The molecule has 0 aliphatic rings. The highest BCUT2D eigenvalue weighted by Crippen LogP contribution is 2.53. The van der Waals surface area contributed by atoms with Crippen LogP contribution < -0.4 is 0 Å². The summed E-state index contributed by atoms with van der Waals surface area (Å²) in [4.78, 5) is 0. The maximum Gasteiger partial charge on any atom is 0.101 e. The van der Waals surface area contributed by atoms with Gasteiger partial charge in [0.25, 0.3) is 0 Å². The van der Waals surface area contributed by atoms with Gasteiger partial charge in [-0.3, -0.25) is 0 Å². The zero-order valence-corrected chi connectivity index (χ0v) is 78.5. The Morgan fingerprint density at radius 2 is 0.340 bits per heavy atom. The molecule has 0 aliphatic heterocycles. The topological polar surface area (TPSA) is 187 Å². The number of benzene rings is 21. The molecule has 0 aliphatic carbocycles. The number of nitrogens with zero attached hydrogens (tertiary/aromatic N) is 15. The summed E-state index contributed by atoms with van der Waals surface area (Å²) in [5, 5.41) is 80.9. The Labute approximate surface area is 839 Å². The fourth-order valence-corrected chi connectivity index (χ4v) is 23.8. The summed E-state index contributed by atoms with van der Waals surface area (Å²) in [7, 11) is 0. The fraction of sp³-hybridized carbons (Fsp3) is 0. The van der Waals surface area contributed by atoms with E-state index in [9.17, 15) is 31.6 Å². The Morgan fingerprint density at radius 3 is 0.626 bits per heavy atom. The summed E-state index contributed by atoms with van der Waals surface area (Å²) in [6.07, 6.45) is 0.